The van der Waals surface area contributed by atoms with Crippen LogP contribution in [0.4, 0.5) is 4.39 Å². The van der Waals surface area contributed by atoms with Gasteiger partial charge in [0.2, 0.25) is 0 Å². The topological polar surface area (TPSA) is 30.7 Å². The minimum absolute atomic E-state index is 0.245. The summed E-state index contributed by atoms with van der Waals surface area (Å²) in [6.07, 6.45) is 0. The molecular formula is C14H13ClFN3S. The molecule has 0 spiro atoms. The molecule has 0 N–H and O–H groups in total. The Kier molecular flexibility index (Phi) is 3.48. The van der Waals surface area contributed by atoms with Crippen molar-refractivity contribution in [2.45, 2.75) is 25.8 Å². The van der Waals surface area contributed by atoms with E-state index >= 15 is 0 Å². The number of rotatable bonds is 3. The monoisotopic (exact) mass is 309 g/mol. The van der Waals surface area contributed by atoms with Gasteiger partial charge in [0.05, 0.1) is 33.7 Å². The van der Waals surface area contributed by atoms with Crippen molar-refractivity contribution in [1.82, 2.24) is 14.5 Å². The van der Waals surface area contributed by atoms with Gasteiger partial charge in [0.1, 0.15) is 11.6 Å². The Balaban J connectivity index is 2.13. The van der Waals surface area contributed by atoms with Gasteiger partial charge in [-0.15, -0.1) is 22.9 Å². The van der Waals surface area contributed by atoms with Gasteiger partial charge in [0.15, 0.2) is 0 Å². The number of benzene rings is 1. The maximum absolute atomic E-state index is 13.3. The molecule has 1 atom stereocenters. The summed E-state index contributed by atoms with van der Waals surface area (Å²) in [6, 6.07) is 4.61. The van der Waals surface area contributed by atoms with Crippen LogP contribution in [0.5, 0.6) is 0 Å². The van der Waals surface area contributed by atoms with Crippen molar-refractivity contribution in [2.24, 2.45) is 0 Å². The zero-order valence-corrected chi connectivity index (χ0v) is 12.7. The number of aryl methyl sites for hydroxylation is 1. The maximum Gasteiger partial charge on any atom is 0.128 e. The Bertz CT molecular complexity index is 763. The van der Waals surface area contributed by atoms with E-state index in [4.69, 9.17) is 11.6 Å². The highest BCUT2D eigenvalue weighted by molar-refractivity contribution is 7.09. The van der Waals surface area contributed by atoms with E-state index in [-0.39, 0.29) is 11.2 Å². The Hall–Kier alpha value is -1.46. The van der Waals surface area contributed by atoms with Gasteiger partial charge in [0.25, 0.3) is 0 Å². The summed E-state index contributed by atoms with van der Waals surface area (Å²) in [5.74, 6) is 0.443. The van der Waals surface area contributed by atoms with Gasteiger partial charge in [-0.2, -0.15) is 0 Å². The molecule has 3 rings (SSSR count). The molecule has 104 valence electrons. The van der Waals surface area contributed by atoms with Crippen LogP contribution in [-0.4, -0.2) is 14.5 Å². The van der Waals surface area contributed by atoms with E-state index in [2.05, 4.69) is 9.97 Å². The van der Waals surface area contributed by atoms with Crippen molar-refractivity contribution in [3.63, 3.8) is 0 Å². The summed E-state index contributed by atoms with van der Waals surface area (Å²) in [6.45, 7) is 4.43. The van der Waals surface area contributed by atoms with Crippen molar-refractivity contribution in [1.29, 1.82) is 0 Å². The smallest absolute Gasteiger partial charge is 0.128 e. The number of hydrogen-bond acceptors (Lipinski definition) is 3. The van der Waals surface area contributed by atoms with Gasteiger partial charge < -0.3 is 4.57 Å². The quantitative estimate of drug-likeness (QED) is 0.676. The van der Waals surface area contributed by atoms with E-state index in [0.29, 0.717) is 12.1 Å². The lowest BCUT2D eigenvalue weighted by molar-refractivity contribution is 0.629. The number of nitrogens with zero attached hydrogens (tertiary/aromatic N) is 3. The average molecular weight is 310 g/mol. The minimum Gasteiger partial charge on any atom is -0.321 e. The fraction of sp³-hybridized carbons (Fsp3) is 0.286. The third-order valence-electron chi connectivity index (χ3n) is 3.08. The lowest BCUT2D eigenvalue weighted by Crippen LogP contribution is -2.06. The standard InChI is InChI=1S/C14H13ClFN3S/c1-8(15)14-18-12-5-10(16)3-4-13(12)19(14)6-11-7-20-9(2)17-11/h3-5,7-8H,6H2,1-2H3. The Labute approximate surface area is 125 Å². The summed E-state index contributed by atoms with van der Waals surface area (Å²) in [7, 11) is 0. The lowest BCUT2D eigenvalue weighted by Gasteiger charge is -2.08. The molecule has 6 heteroatoms. The molecule has 0 aliphatic carbocycles. The van der Waals surface area contributed by atoms with Crippen LogP contribution in [0.3, 0.4) is 0 Å². The Morgan fingerprint density at radius 3 is 2.85 bits per heavy atom. The minimum atomic E-state index is -0.291. The SMILES string of the molecule is Cc1nc(Cn2c(C(C)Cl)nc3cc(F)ccc32)cs1. The van der Waals surface area contributed by atoms with Crippen LogP contribution in [0.25, 0.3) is 11.0 Å². The highest BCUT2D eigenvalue weighted by Crippen LogP contribution is 2.26. The summed E-state index contributed by atoms with van der Waals surface area (Å²) >= 11 is 7.81. The zero-order chi connectivity index (χ0) is 14.3. The second kappa shape index (κ2) is 5.14. The lowest BCUT2D eigenvalue weighted by atomic mass is 10.3. The first-order valence-corrected chi connectivity index (χ1v) is 7.57. The molecular weight excluding hydrogens is 297 g/mol. The maximum atomic E-state index is 13.3. The number of aromatic nitrogens is 3. The second-order valence-electron chi connectivity index (χ2n) is 4.66. The molecule has 3 aromatic rings. The predicted octanol–water partition coefficient (Wildman–Crippen LogP) is 4.29. The van der Waals surface area contributed by atoms with Gasteiger partial charge in [0, 0.05) is 11.4 Å². The molecule has 1 aromatic carbocycles. The first-order valence-electron chi connectivity index (χ1n) is 6.25. The van der Waals surface area contributed by atoms with E-state index in [0.717, 1.165) is 22.0 Å². The van der Waals surface area contributed by atoms with Crippen molar-refractivity contribution < 1.29 is 4.39 Å². The molecule has 0 fully saturated rings. The van der Waals surface area contributed by atoms with Crippen LogP contribution in [0, 0.1) is 12.7 Å². The highest BCUT2D eigenvalue weighted by atomic mass is 35.5. The van der Waals surface area contributed by atoms with Crippen LogP contribution in [-0.2, 0) is 6.54 Å². The molecule has 0 aliphatic heterocycles. The molecule has 20 heavy (non-hydrogen) atoms. The van der Waals surface area contributed by atoms with E-state index in [1.807, 2.05) is 23.8 Å². The second-order valence-corrected chi connectivity index (χ2v) is 6.38. The van der Waals surface area contributed by atoms with Crippen LogP contribution in [0.1, 0.15) is 28.8 Å². The molecule has 0 saturated carbocycles. The molecule has 3 nitrogen and oxygen atoms in total. The van der Waals surface area contributed by atoms with Gasteiger partial charge in [-0.05, 0) is 26.0 Å². The first kappa shape index (κ1) is 13.5. The molecule has 0 amide bonds. The van der Waals surface area contributed by atoms with Crippen molar-refractivity contribution in [3.05, 3.63) is 45.9 Å². The average Bonchev–Trinajstić information content (AvgIpc) is 2.94. The largest absolute Gasteiger partial charge is 0.321 e. The van der Waals surface area contributed by atoms with Crippen LogP contribution in [0.15, 0.2) is 23.6 Å². The molecule has 0 saturated heterocycles. The molecule has 1 unspecified atom stereocenters. The number of fused-ring (bicyclic) bond motifs is 1. The predicted molar refractivity (Wildman–Crippen MR) is 79.9 cm³/mol. The van der Waals surface area contributed by atoms with Crippen molar-refractivity contribution >= 4 is 34.0 Å². The van der Waals surface area contributed by atoms with E-state index in [9.17, 15) is 4.39 Å². The molecule has 2 heterocycles. The molecule has 0 bridgehead atoms. The summed E-state index contributed by atoms with van der Waals surface area (Å²) < 4.78 is 15.3. The van der Waals surface area contributed by atoms with Crippen LogP contribution >= 0.6 is 22.9 Å². The fourth-order valence-electron chi connectivity index (χ4n) is 2.23. The first-order chi connectivity index (χ1) is 9.54. The normalized spacial score (nSPS) is 13.0. The molecule has 2 aromatic heterocycles. The third-order valence-corrected chi connectivity index (χ3v) is 4.10. The van der Waals surface area contributed by atoms with Crippen molar-refractivity contribution in [3.8, 4) is 0 Å². The molecule has 0 radical (unpaired) electrons. The molecule has 0 aliphatic rings. The Morgan fingerprint density at radius 1 is 1.40 bits per heavy atom. The van der Waals surface area contributed by atoms with Crippen molar-refractivity contribution in [2.75, 3.05) is 0 Å². The zero-order valence-electron chi connectivity index (χ0n) is 11.1. The van der Waals surface area contributed by atoms with Crippen LogP contribution in [0.2, 0.25) is 0 Å². The van der Waals surface area contributed by atoms with Gasteiger partial charge in [-0.3, -0.25) is 0 Å². The third kappa shape index (κ3) is 2.43. The number of alkyl halides is 1. The number of halogens is 2. The van der Waals surface area contributed by atoms with Gasteiger partial charge in [-0.1, -0.05) is 0 Å². The number of thiazole rings is 1. The highest BCUT2D eigenvalue weighted by Gasteiger charge is 2.16. The van der Waals surface area contributed by atoms with E-state index in [1.54, 1.807) is 17.4 Å². The fourth-order valence-corrected chi connectivity index (χ4v) is 3.00. The van der Waals surface area contributed by atoms with E-state index < -0.39 is 0 Å². The van der Waals surface area contributed by atoms with E-state index in [1.165, 1.54) is 12.1 Å². The Morgan fingerprint density at radius 2 is 2.20 bits per heavy atom. The van der Waals surface area contributed by atoms with Crippen LogP contribution < -0.4 is 0 Å². The summed E-state index contributed by atoms with van der Waals surface area (Å²) in [5, 5.41) is 2.80. The van der Waals surface area contributed by atoms with Gasteiger partial charge >= 0.3 is 0 Å². The summed E-state index contributed by atoms with van der Waals surface area (Å²) in [5.41, 5.74) is 2.47. The summed E-state index contributed by atoms with van der Waals surface area (Å²) in [4.78, 5) is 8.91. The van der Waals surface area contributed by atoms with Gasteiger partial charge in [-0.25, -0.2) is 14.4 Å². The number of hydrogen-bond donors (Lipinski definition) is 0. The number of imidazole rings is 1.